The Labute approximate surface area is 116 Å². The molecule has 18 heavy (non-hydrogen) atoms. The van der Waals surface area contributed by atoms with Gasteiger partial charge in [0.1, 0.15) is 0 Å². The van der Waals surface area contributed by atoms with E-state index in [-0.39, 0.29) is 6.04 Å². The van der Waals surface area contributed by atoms with Gasteiger partial charge in [-0.2, -0.15) is 0 Å². The molecule has 0 amide bonds. The monoisotopic (exact) mass is 268 g/mol. The maximum Gasteiger partial charge on any atom is 0.0593 e. The molecule has 0 aliphatic heterocycles. The highest BCUT2D eigenvalue weighted by Crippen LogP contribution is 2.31. The van der Waals surface area contributed by atoms with Crippen molar-refractivity contribution in [3.63, 3.8) is 0 Å². The first-order valence-electron chi connectivity index (χ1n) is 7.05. The van der Waals surface area contributed by atoms with Crippen molar-refractivity contribution in [1.82, 2.24) is 4.90 Å². The molecule has 2 nitrogen and oxygen atoms in total. The van der Waals surface area contributed by atoms with E-state index in [0.29, 0.717) is 12.1 Å². The molecule has 0 saturated carbocycles. The summed E-state index contributed by atoms with van der Waals surface area (Å²) in [6, 6.07) is 5.60. The van der Waals surface area contributed by atoms with Gasteiger partial charge in [-0.3, -0.25) is 4.90 Å². The normalized spacial score (nSPS) is 16.8. The van der Waals surface area contributed by atoms with Crippen molar-refractivity contribution in [3.05, 3.63) is 21.9 Å². The third kappa shape index (κ3) is 3.81. The Morgan fingerprint density at radius 2 is 2.00 bits per heavy atom. The standard InChI is InChI=1S/C15H28N2S/c1-6-8-11(3)17(5)15(13(16)7-2)14-10-9-12(4)18-14/h9-11,13,15H,6-8,16H2,1-5H3. The summed E-state index contributed by atoms with van der Waals surface area (Å²) in [6.07, 6.45) is 3.47. The Morgan fingerprint density at radius 1 is 1.33 bits per heavy atom. The van der Waals surface area contributed by atoms with Crippen molar-refractivity contribution < 1.29 is 0 Å². The largest absolute Gasteiger partial charge is 0.326 e. The SMILES string of the molecule is CCCC(C)N(C)C(c1ccc(C)s1)C(N)CC. The number of nitrogens with zero attached hydrogens (tertiary/aromatic N) is 1. The van der Waals surface area contributed by atoms with E-state index in [9.17, 15) is 0 Å². The molecule has 0 aliphatic rings. The summed E-state index contributed by atoms with van der Waals surface area (Å²) < 4.78 is 0. The highest BCUT2D eigenvalue weighted by molar-refractivity contribution is 7.12. The Hall–Kier alpha value is -0.380. The predicted octanol–water partition coefficient (Wildman–Crippen LogP) is 3.96. The maximum absolute atomic E-state index is 6.36. The van der Waals surface area contributed by atoms with Gasteiger partial charge in [-0.25, -0.2) is 0 Å². The summed E-state index contributed by atoms with van der Waals surface area (Å²) in [5.41, 5.74) is 6.36. The molecular formula is C15H28N2S. The van der Waals surface area contributed by atoms with Gasteiger partial charge in [0.15, 0.2) is 0 Å². The van der Waals surface area contributed by atoms with E-state index in [4.69, 9.17) is 5.73 Å². The summed E-state index contributed by atoms with van der Waals surface area (Å²) >= 11 is 1.88. The minimum atomic E-state index is 0.215. The van der Waals surface area contributed by atoms with Crippen LogP contribution in [0.15, 0.2) is 12.1 Å². The van der Waals surface area contributed by atoms with Crippen LogP contribution in [0.2, 0.25) is 0 Å². The van der Waals surface area contributed by atoms with Crippen molar-refractivity contribution in [2.75, 3.05) is 7.05 Å². The molecule has 1 rings (SSSR count). The summed E-state index contributed by atoms with van der Waals surface area (Å²) in [4.78, 5) is 5.24. The zero-order chi connectivity index (χ0) is 13.7. The van der Waals surface area contributed by atoms with Gasteiger partial charge in [0.25, 0.3) is 0 Å². The van der Waals surface area contributed by atoms with Crippen LogP contribution in [0.1, 0.15) is 55.8 Å². The van der Waals surface area contributed by atoms with Crippen molar-refractivity contribution in [1.29, 1.82) is 0 Å². The topological polar surface area (TPSA) is 29.3 Å². The molecular weight excluding hydrogens is 240 g/mol. The average Bonchev–Trinajstić information content (AvgIpc) is 2.75. The van der Waals surface area contributed by atoms with Gasteiger partial charge in [-0.05, 0) is 45.9 Å². The fourth-order valence-corrected chi connectivity index (χ4v) is 3.55. The third-order valence-electron chi connectivity index (χ3n) is 3.77. The van der Waals surface area contributed by atoms with E-state index >= 15 is 0 Å². The molecule has 0 spiro atoms. The molecule has 104 valence electrons. The van der Waals surface area contributed by atoms with Gasteiger partial charge in [0.2, 0.25) is 0 Å². The van der Waals surface area contributed by atoms with E-state index in [2.05, 4.69) is 51.8 Å². The van der Waals surface area contributed by atoms with Gasteiger partial charge in [0, 0.05) is 21.8 Å². The molecule has 1 aromatic rings. The van der Waals surface area contributed by atoms with E-state index in [1.807, 2.05) is 11.3 Å². The first kappa shape index (κ1) is 15.7. The molecule has 0 fully saturated rings. The van der Waals surface area contributed by atoms with Crippen LogP contribution in [-0.2, 0) is 0 Å². The van der Waals surface area contributed by atoms with Crippen LogP contribution < -0.4 is 5.73 Å². The molecule has 0 saturated heterocycles. The summed E-state index contributed by atoms with van der Waals surface area (Å²) in [7, 11) is 2.22. The van der Waals surface area contributed by atoms with E-state index < -0.39 is 0 Å². The Bertz CT molecular complexity index is 348. The molecule has 3 heteroatoms. The van der Waals surface area contributed by atoms with Gasteiger partial charge in [-0.15, -0.1) is 11.3 Å². The Morgan fingerprint density at radius 3 is 2.44 bits per heavy atom. The van der Waals surface area contributed by atoms with Crippen molar-refractivity contribution in [3.8, 4) is 0 Å². The van der Waals surface area contributed by atoms with Gasteiger partial charge in [0.05, 0.1) is 6.04 Å². The van der Waals surface area contributed by atoms with Crippen LogP contribution in [0, 0.1) is 6.92 Å². The zero-order valence-electron chi connectivity index (χ0n) is 12.4. The quantitative estimate of drug-likeness (QED) is 0.811. The smallest absolute Gasteiger partial charge is 0.0593 e. The summed E-state index contributed by atoms with van der Waals surface area (Å²) in [6.45, 7) is 8.89. The second-order valence-corrected chi connectivity index (χ2v) is 6.59. The second-order valence-electron chi connectivity index (χ2n) is 5.27. The lowest BCUT2D eigenvalue weighted by Gasteiger charge is -2.36. The third-order valence-corrected chi connectivity index (χ3v) is 4.84. The van der Waals surface area contributed by atoms with E-state index in [1.165, 1.54) is 22.6 Å². The van der Waals surface area contributed by atoms with Crippen LogP contribution in [-0.4, -0.2) is 24.0 Å². The molecule has 3 unspecified atom stereocenters. The van der Waals surface area contributed by atoms with Crippen molar-refractivity contribution in [2.24, 2.45) is 5.73 Å². The fourth-order valence-electron chi connectivity index (χ4n) is 2.44. The van der Waals surface area contributed by atoms with E-state index in [1.54, 1.807) is 0 Å². The molecule has 0 aliphatic carbocycles. The minimum Gasteiger partial charge on any atom is -0.326 e. The first-order valence-corrected chi connectivity index (χ1v) is 7.86. The maximum atomic E-state index is 6.36. The number of thiophene rings is 1. The fraction of sp³-hybridized carbons (Fsp3) is 0.733. The lowest BCUT2D eigenvalue weighted by Crippen LogP contribution is -2.42. The number of rotatable bonds is 7. The molecule has 2 N–H and O–H groups in total. The molecule has 0 radical (unpaired) electrons. The Balaban J connectivity index is 2.91. The molecule has 0 bridgehead atoms. The lowest BCUT2D eigenvalue weighted by atomic mass is 10.0. The molecule has 1 aromatic heterocycles. The number of hydrogen-bond acceptors (Lipinski definition) is 3. The van der Waals surface area contributed by atoms with Crippen molar-refractivity contribution >= 4 is 11.3 Å². The van der Waals surface area contributed by atoms with Crippen LogP contribution >= 0.6 is 11.3 Å². The van der Waals surface area contributed by atoms with Crippen LogP contribution in [0.3, 0.4) is 0 Å². The average molecular weight is 268 g/mol. The molecule has 0 aromatic carbocycles. The number of hydrogen-bond donors (Lipinski definition) is 1. The van der Waals surface area contributed by atoms with Gasteiger partial charge < -0.3 is 5.73 Å². The first-order chi connectivity index (χ1) is 8.51. The van der Waals surface area contributed by atoms with Gasteiger partial charge >= 0.3 is 0 Å². The number of aryl methyl sites for hydroxylation is 1. The summed E-state index contributed by atoms with van der Waals surface area (Å²) in [5, 5.41) is 0. The lowest BCUT2D eigenvalue weighted by molar-refractivity contribution is 0.153. The minimum absolute atomic E-state index is 0.215. The van der Waals surface area contributed by atoms with Crippen LogP contribution in [0.4, 0.5) is 0 Å². The highest BCUT2D eigenvalue weighted by atomic mass is 32.1. The molecule has 3 atom stereocenters. The number of nitrogens with two attached hydrogens (primary N) is 1. The van der Waals surface area contributed by atoms with Crippen LogP contribution in [0.25, 0.3) is 0 Å². The predicted molar refractivity (Wildman–Crippen MR) is 82.2 cm³/mol. The Kier molecular flexibility index (Phi) is 6.33. The second kappa shape index (κ2) is 7.27. The summed E-state index contributed by atoms with van der Waals surface area (Å²) in [5.74, 6) is 0. The van der Waals surface area contributed by atoms with Crippen LogP contribution in [0.5, 0.6) is 0 Å². The molecule has 1 heterocycles. The van der Waals surface area contributed by atoms with Gasteiger partial charge in [-0.1, -0.05) is 20.3 Å². The highest BCUT2D eigenvalue weighted by Gasteiger charge is 2.27. The zero-order valence-corrected chi connectivity index (χ0v) is 13.3. The number of likely N-dealkylation sites (N-methyl/N-ethyl adjacent to an activating group) is 1. The van der Waals surface area contributed by atoms with E-state index in [0.717, 1.165) is 6.42 Å². The van der Waals surface area contributed by atoms with Crippen molar-refractivity contribution in [2.45, 2.75) is 65.1 Å².